The minimum absolute atomic E-state index is 0.0732. The summed E-state index contributed by atoms with van der Waals surface area (Å²) >= 11 is 0. The number of allylic oxidation sites excluding steroid dienone is 1. The molecule has 9 heteroatoms. The average Bonchev–Trinajstić information content (AvgIpc) is 3.61. The highest BCUT2D eigenvalue weighted by atomic mass is 16.1. The van der Waals surface area contributed by atoms with E-state index >= 15 is 0 Å². The van der Waals surface area contributed by atoms with Crippen molar-refractivity contribution in [3.05, 3.63) is 77.4 Å². The van der Waals surface area contributed by atoms with Gasteiger partial charge in [-0.05, 0) is 67.5 Å². The zero-order valence-corrected chi connectivity index (χ0v) is 21.7. The topological polar surface area (TPSA) is 71.0 Å². The van der Waals surface area contributed by atoms with E-state index in [0.717, 1.165) is 59.2 Å². The number of rotatable bonds is 5. The smallest absolute Gasteiger partial charge is 0.329 e. The number of aromatic nitrogens is 4. The lowest BCUT2D eigenvalue weighted by Crippen LogP contribution is -2.43. The molecule has 1 fully saturated rings. The second kappa shape index (κ2) is 9.54. The average molecular weight is 493 g/mol. The van der Waals surface area contributed by atoms with Gasteiger partial charge in [-0.15, -0.1) is 5.10 Å². The molecular weight excluding hydrogens is 461 g/mol. The molecular formula is C28H32BN7O+. The number of carbonyl (C=O) groups is 1. The van der Waals surface area contributed by atoms with Crippen molar-refractivity contribution >= 4 is 30.6 Å². The monoisotopic (exact) mass is 493 g/mol. The van der Waals surface area contributed by atoms with E-state index in [-0.39, 0.29) is 5.91 Å². The van der Waals surface area contributed by atoms with Gasteiger partial charge in [0.05, 0.1) is 25.0 Å². The highest BCUT2D eigenvalue weighted by Crippen LogP contribution is 2.37. The molecule has 2 aromatic heterocycles. The molecule has 37 heavy (non-hydrogen) atoms. The number of benzene rings is 1. The number of nitrogens with one attached hydrogen (secondary N) is 1. The molecule has 1 saturated heterocycles. The number of carbonyl (C=O) groups excluding carboxylic acids is 1. The summed E-state index contributed by atoms with van der Waals surface area (Å²) in [7, 11) is 2.18. The minimum atomic E-state index is -0.0732. The van der Waals surface area contributed by atoms with Crippen molar-refractivity contribution in [2.45, 2.75) is 46.5 Å². The Labute approximate surface area is 218 Å². The molecule has 3 aromatic rings. The van der Waals surface area contributed by atoms with Gasteiger partial charge in [-0.2, -0.15) is 0 Å². The fraction of sp³-hybridized carbons (Fsp3) is 0.357. The second-order valence-electron chi connectivity index (χ2n) is 10.4. The molecule has 6 rings (SSSR count). The van der Waals surface area contributed by atoms with Gasteiger partial charge < -0.3 is 9.79 Å². The number of fused-ring (bicyclic) bond motifs is 2. The summed E-state index contributed by atoms with van der Waals surface area (Å²) in [5.74, 6) is 2.61. The summed E-state index contributed by atoms with van der Waals surface area (Å²) in [6, 6.07) is 12.4. The van der Waals surface area contributed by atoms with Crippen LogP contribution in [0.4, 0.5) is 5.69 Å². The van der Waals surface area contributed by atoms with Crippen LogP contribution in [0.15, 0.2) is 60.4 Å². The largest absolute Gasteiger partial charge is 0.553 e. The SMILES string of the molecule is CC(=O)Nc1ccc(C2=C3C=CC(=[N+]4CCCCC4)N3[B]n3c2ccc3-n2cc(CC(C)C)nn2)cc1. The molecule has 1 aromatic carbocycles. The van der Waals surface area contributed by atoms with E-state index in [4.69, 9.17) is 0 Å². The first-order chi connectivity index (χ1) is 18.0. The van der Waals surface area contributed by atoms with Gasteiger partial charge in [0.1, 0.15) is 11.5 Å². The molecule has 0 bridgehead atoms. The molecule has 0 saturated carbocycles. The molecule has 3 aliphatic heterocycles. The van der Waals surface area contributed by atoms with Crippen molar-refractivity contribution in [1.82, 2.24) is 24.3 Å². The maximum atomic E-state index is 11.5. The van der Waals surface area contributed by atoms with Crippen LogP contribution in [0.5, 0.6) is 0 Å². The third-order valence-corrected chi connectivity index (χ3v) is 7.10. The Balaban J connectivity index is 1.46. The Bertz CT molecular complexity index is 1430. The molecule has 3 aliphatic rings. The van der Waals surface area contributed by atoms with Crippen molar-refractivity contribution in [3.8, 4) is 5.82 Å². The second-order valence-corrected chi connectivity index (χ2v) is 10.4. The van der Waals surface area contributed by atoms with Crippen LogP contribution < -0.4 is 5.32 Å². The van der Waals surface area contributed by atoms with Crippen molar-refractivity contribution < 1.29 is 9.37 Å². The van der Waals surface area contributed by atoms with Gasteiger partial charge in [0.15, 0.2) is 0 Å². The van der Waals surface area contributed by atoms with Crippen LogP contribution in [0.1, 0.15) is 57.0 Å². The van der Waals surface area contributed by atoms with E-state index < -0.39 is 0 Å². The summed E-state index contributed by atoms with van der Waals surface area (Å²) in [5.41, 5.74) is 6.28. The van der Waals surface area contributed by atoms with Gasteiger partial charge in [-0.3, -0.25) is 14.2 Å². The number of hydrogen-bond donors (Lipinski definition) is 1. The van der Waals surface area contributed by atoms with Crippen molar-refractivity contribution in [3.63, 3.8) is 0 Å². The van der Waals surface area contributed by atoms with Crippen LogP contribution in [0.2, 0.25) is 0 Å². The molecule has 8 nitrogen and oxygen atoms in total. The number of nitrogens with zero attached hydrogens (tertiary/aromatic N) is 6. The summed E-state index contributed by atoms with van der Waals surface area (Å²) in [6.07, 6.45) is 11.1. The molecule has 0 spiro atoms. The van der Waals surface area contributed by atoms with Crippen molar-refractivity contribution in [2.75, 3.05) is 18.4 Å². The predicted molar refractivity (Wildman–Crippen MR) is 146 cm³/mol. The van der Waals surface area contributed by atoms with Crippen LogP contribution in [-0.4, -0.2) is 61.2 Å². The molecule has 1 radical (unpaired) electrons. The van der Waals surface area contributed by atoms with E-state index in [1.165, 1.54) is 32.0 Å². The van der Waals surface area contributed by atoms with Gasteiger partial charge in [0.25, 0.3) is 5.84 Å². The molecule has 5 heterocycles. The first-order valence-corrected chi connectivity index (χ1v) is 13.2. The summed E-state index contributed by atoms with van der Waals surface area (Å²) in [6.45, 7) is 8.07. The predicted octanol–water partition coefficient (Wildman–Crippen LogP) is 3.85. The summed E-state index contributed by atoms with van der Waals surface area (Å²) < 4.78 is 6.58. The molecule has 0 aliphatic carbocycles. The van der Waals surface area contributed by atoms with E-state index in [1.54, 1.807) is 0 Å². The maximum Gasteiger partial charge on any atom is 0.553 e. The Morgan fingerprint density at radius 3 is 2.59 bits per heavy atom. The van der Waals surface area contributed by atoms with Gasteiger partial charge in [-0.1, -0.05) is 31.2 Å². The van der Waals surface area contributed by atoms with E-state index in [9.17, 15) is 4.79 Å². The lowest BCUT2D eigenvalue weighted by molar-refractivity contribution is -0.539. The van der Waals surface area contributed by atoms with Crippen molar-refractivity contribution in [2.24, 2.45) is 5.92 Å². The molecule has 0 unspecified atom stereocenters. The molecule has 1 N–H and O–H groups in total. The number of piperidine rings is 1. The third kappa shape index (κ3) is 4.43. The van der Waals surface area contributed by atoms with Gasteiger partial charge in [0, 0.05) is 30.0 Å². The normalized spacial score (nSPS) is 16.8. The number of amides is 1. The van der Waals surface area contributed by atoms with Crippen molar-refractivity contribution in [1.29, 1.82) is 0 Å². The zero-order chi connectivity index (χ0) is 25.5. The zero-order valence-electron chi connectivity index (χ0n) is 21.7. The third-order valence-electron chi connectivity index (χ3n) is 7.10. The lowest BCUT2D eigenvalue weighted by atomic mass is 9.91. The summed E-state index contributed by atoms with van der Waals surface area (Å²) in [5, 5.41) is 11.8. The van der Waals surface area contributed by atoms with Gasteiger partial charge in [0.2, 0.25) is 5.91 Å². The standard InChI is InChI=1S/C28H31BN7O/c1-19(2)17-23-18-34(32-31-23)27-14-12-25-28(21-7-9-22(10-8-21)30-20(3)37)24-11-13-26(35(24)29-36(25)27)33-15-5-4-6-16-33/h7-14,18-19H,4-6,15-17H2,1-3H3/p+1. The first kappa shape index (κ1) is 23.5. The van der Waals surface area contributed by atoms with E-state index in [0.29, 0.717) is 5.92 Å². The lowest BCUT2D eigenvalue weighted by Gasteiger charge is -2.27. The number of hydrogen-bond acceptors (Lipinski definition) is 3. The van der Waals surface area contributed by atoms with Crippen LogP contribution >= 0.6 is 0 Å². The Morgan fingerprint density at radius 1 is 1.08 bits per heavy atom. The van der Waals surface area contributed by atoms with E-state index in [1.807, 2.05) is 23.0 Å². The first-order valence-electron chi connectivity index (χ1n) is 13.2. The molecule has 187 valence electrons. The van der Waals surface area contributed by atoms with Crippen LogP contribution in [0, 0.1) is 5.92 Å². The maximum absolute atomic E-state index is 11.5. The Morgan fingerprint density at radius 2 is 1.86 bits per heavy atom. The van der Waals surface area contributed by atoms with Crippen LogP contribution in [-0.2, 0) is 11.2 Å². The van der Waals surface area contributed by atoms with Gasteiger partial charge in [-0.25, -0.2) is 4.68 Å². The number of amidine groups is 1. The molecule has 1 amide bonds. The highest BCUT2D eigenvalue weighted by Gasteiger charge is 2.40. The fourth-order valence-corrected chi connectivity index (χ4v) is 5.48. The number of anilines is 1. The quantitative estimate of drug-likeness (QED) is 0.433. The summed E-state index contributed by atoms with van der Waals surface area (Å²) in [4.78, 5) is 13.8. The Hall–Kier alpha value is -3.88. The minimum Gasteiger partial charge on any atom is -0.329 e. The van der Waals surface area contributed by atoms with Crippen LogP contribution in [0.25, 0.3) is 11.4 Å². The van der Waals surface area contributed by atoms with Crippen LogP contribution in [0.3, 0.4) is 0 Å². The highest BCUT2D eigenvalue weighted by molar-refractivity contribution is 6.40. The fourth-order valence-electron chi connectivity index (χ4n) is 5.48. The Kier molecular flexibility index (Phi) is 6.06. The molecule has 0 atom stereocenters. The van der Waals surface area contributed by atoms with E-state index in [2.05, 4.69) is 87.3 Å². The van der Waals surface area contributed by atoms with Gasteiger partial charge >= 0.3 is 7.55 Å².